The monoisotopic (exact) mass is 245 g/mol. The lowest BCUT2D eigenvalue weighted by Crippen LogP contribution is -2.45. The minimum Gasteiger partial charge on any atom is -0.309 e. The fraction of sp³-hybridized carbons (Fsp3) is 0.562. The number of amides is 1. The topological polar surface area (TPSA) is 20.3 Å². The maximum Gasteiger partial charge on any atom is 0.230 e. The van der Waals surface area contributed by atoms with Crippen molar-refractivity contribution in [3.8, 4) is 0 Å². The van der Waals surface area contributed by atoms with Gasteiger partial charge in [-0.3, -0.25) is 4.79 Å². The normalized spacial score (nSPS) is 19.6. The molecule has 0 aliphatic carbocycles. The van der Waals surface area contributed by atoms with Crippen LogP contribution >= 0.6 is 0 Å². The van der Waals surface area contributed by atoms with Crippen molar-refractivity contribution in [2.75, 3.05) is 4.90 Å². The molecule has 1 unspecified atom stereocenters. The van der Waals surface area contributed by atoms with Crippen LogP contribution in [-0.2, 0) is 11.2 Å². The Kier molecular flexibility index (Phi) is 3.74. The molecular weight excluding hydrogens is 222 g/mol. The molecule has 2 heteroatoms. The highest BCUT2D eigenvalue weighted by atomic mass is 16.2. The number of para-hydroxylation sites is 1. The average Bonchev–Trinajstić information content (AvgIpc) is 2.29. The number of fused-ring (bicyclic) bond motifs is 1. The second-order valence-electron chi connectivity index (χ2n) is 5.96. The smallest absolute Gasteiger partial charge is 0.230 e. The molecule has 0 saturated carbocycles. The van der Waals surface area contributed by atoms with Crippen LogP contribution in [0.25, 0.3) is 0 Å². The largest absolute Gasteiger partial charge is 0.309 e. The van der Waals surface area contributed by atoms with Gasteiger partial charge in [-0.15, -0.1) is 0 Å². The Hall–Kier alpha value is -1.31. The molecule has 1 heterocycles. The van der Waals surface area contributed by atoms with E-state index in [1.54, 1.807) is 0 Å². The van der Waals surface area contributed by atoms with Crippen molar-refractivity contribution in [2.24, 2.45) is 11.8 Å². The first kappa shape index (κ1) is 13.1. The number of nitrogens with zero attached hydrogens (tertiary/aromatic N) is 1. The third-order valence-electron chi connectivity index (χ3n) is 3.58. The zero-order valence-corrected chi connectivity index (χ0v) is 11.8. The zero-order chi connectivity index (χ0) is 13.3. The van der Waals surface area contributed by atoms with Crippen LogP contribution in [0.2, 0.25) is 0 Å². The molecule has 0 radical (unpaired) electrons. The standard InChI is InChI=1S/C16H23NO/c1-11(2)9-14-10-13-7-5-6-8-15(13)17(12(3)4)16(14)18/h5-8,11-12,14H,9-10H2,1-4H3. The quantitative estimate of drug-likeness (QED) is 0.796. The maximum absolute atomic E-state index is 12.6. The van der Waals surface area contributed by atoms with E-state index >= 15 is 0 Å². The van der Waals surface area contributed by atoms with E-state index < -0.39 is 0 Å². The Morgan fingerprint density at radius 3 is 2.50 bits per heavy atom. The first-order valence-electron chi connectivity index (χ1n) is 6.91. The van der Waals surface area contributed by atoms with Gasteiger partial charge in [0, 0.05) is 17.6 Å². The van der Waals surface area contributed by atoms with Crippen LogP contribution in [0, 0.1) is 11.8 Å². The molecule has 0 aromatic heterocycles. The molecule has 18 heavy (non-hydrogen) atoms. The predicted molar refractivity (Wildman–Crippen MR) is 75.7 cm³/mol. The molecule has 1 aliphatic rings. The number of carbonyl (C=O) groups is 1. The molecule has 1 aromatic carbocycles. The molecule has 0 N–H and O–H groups in total. The van der Waals surface area contributed by atoms with Crippen molar-refractivity contribution in [1.82, 2.24) is 0 Å². The molecule has 0 fully saturated rings. The van der Waals surface area contributed by atoms with Crippen molar-refractivity contribution in [3.63, 3.8) is 0 Å². The van der Waals surface area contributed by atoms with Gasteiger partial charge in [0.1, 0.15) is 0 Å². The summed E-state index contributed by atoms with van der Waals surface area (Å²) in [5.41, 5.74) is 2.42. The molecule has 0 saturated heterocycles. The summed E-state index contributed by atoms with van der Waals surface area (Å²) in [6.07, 6.45) is 1.88. The first-order chi connectivity index (χ1) is 8.50. The second kappa shape index (κ2) is 5.13. The van der Waals surface area contributed by atoms with Gasteiger partial charge >= 0.3 is 0 Å². The number of rotatable bonds is 3. The van der Waals surface area contributed by atoms with E-state index in [9.17, 15) is 4.79 Å². The van der Waals surface area contributed by atoms with Gasteiger partial charge in [-0.1, -0.05) is 32.0 Å². The summed E-state index contributed by atoms with van der Waals surface area (Å²) in [4.78, 5) is 14.6. The molecule has 1 atom stereocenters. The lowest BCUT2D eigenvalue weighted by Gasteiger charge is -2.37. The van der Waals surface area contributed by atoms with Crippen LogP contribution < -0.4 is 4.90 Å². The van der Waals surface area contributed by atoms with E-state index in [2.05, 4.69) is 45.9 Å². The van der Waals surface area contributed by atoms with Crippen LogP contribution in [0.5, 0.6) is 0 Å². The first-order valence-corrected chi connectivity index (χ1v) is 6.91. The summed E-state index contributed by atoms with van der Waals surface area (Å²) in [7, 11) is 0. The highest BCUT2D eigenvalue weighted by molar-refractivity contribution is 5.98. The van der Waals surface area contributed by atoms with Crippen molar-refractivity contribution < 1.29 is 4.79 Å². The summed E-state index contributed by atoms with van der Waals surface area (Å²) < 4.78 is 0. The predicted octanol–water partition coefficient (Wildman–Crippen LogP) is 3.65. The molecule has 98 valence electrons. The Labute approximate surface area is 110 Å². The number of anilines is 1. The van der Waals surface area contributed by atoms with Gasteiger partial charge in [-0.2, -0.15) is 0 Å². The van der Waals surface area contributed by atoms with Gasteiger partial charge < -0.3 is 4.90 Å². The molecule has 1 aliphatic heterocycles. The Morgan fingerprint density at radius 1 is 1.22 bits per heavy atom. The average molecular weight is 245 g/mol. The van der Waals surface area contributed by atoms with E-state index in [4.69, 9.17) is 0 Å². The lowest BCUT2D eigenvalue weighted by atomic mass is 9.85. The van der Waals surface area contributed by atoms with Crippen LogP contribution in [0.1, 0.15) is 39.7 Å². The third-order valence-corrected chi connectivity index (χ3v) is 3.58. The summed E-state index contributed by atoms with van der Waals surface area (Å²) in [5, 5.41) is 0. The van der Waals surface area contributed by atoms with Crippen LogP contribution in [0.3, 0.4) is 0 Å². The lowest BCUT2D eigenvalue weighted by molar-refractivity contribution is -0.123. The van der Waals surface area contributed by atoms with Crippen LogP contribution in [0.4, 0.5) is 5.69 Å². The molecular formula is C16H23NO. The Morgan fingerprint density at radius 2 is 1.89 bits per heavy atom. The van der Waals surface area contributed by atoms with Gasteiger partial charge in [-0.05, 0) is 44.2 Å². The Balaban J connectivity index is 2.37. The highest BCUT2D eigenvalue weighted by Crippen LogP contribution is 2.34. The van der Waals surface area contributed by atoms with Crippen molar-refractivity contribution >= 4 is 11.6 Å². The number of hydrogen-bond acceptors (Lipinski definition) is 1. The molecule has 2 nitrogen and oxygen atoms in total. The summed E-state index contributed by atoms with van der Waals surface area (Å²) >= 11 is 0. The summed E-state index contributed by atoms with van der Waals surface area (Å²) in [6, 6.07) is 8.54. The molecule has 1 amide bonds. The van der Waals surface area contributed by atoms with E-state index in [0.29, 0.717) is 11.8 Å². The van der Waals surface area contributed by atoms with Crippen LogP contribution in [0.15, 0.2) is 24.3 Å². The maximum atomic E-state index is 12.6. The fourth-order valence-electron chi connectivity index (χ4n) is 2.87. The van der Waals surface area contributed by atoms with E-state index in [1.165, 1.54) is 5.56 Å². The number of hydrogen-bond donors (Lipinski definition) is 0. The minimum absolute atomic E-state index is 0.155. The van der Waals surface area contributed by atoms with Gasteiger partial charge in [0.05, 0.1) is 0 Å². The third kappa shape index (κ3) is 2.43. The van der Waals surface area contributed by atoms with E-state index in [1.807, 2.05) is 11.0 Å². The number of benzene rings is 1. The summed E-state index contributed by atoms with van der Waals surface area (Å²) in [6.45, 7) is 8.56. The molecule has 2 rings (SSSR count). The molecule has 1 aromatic rings. The van der Waals surface area contributed by atoms with Gasteiger partial charge in [0.15, 0.2) is 0 Å². The van der Waals surface area contributed by atoms with Gasteiger partial charge in [0.25, 0.3) is 0 Å². The minimum atomic E-state index is 0.155. The molecule has 0 spiro atoms. The van der Waals surface area contributed by atoms with Gasteiger partial charge in [-0.25, -0.2) is 0 Å². The van der Waals surface area contributed by atoms with E-state index in [-0.39, 0.29) is 12.0 Å². The van der Waals surface area contributed by atoms with Crippen molar-refractivity contribution in [3.05, 3.63) is 29.8 Å². The fourth-order valence-corrected chi connectivity index (χ4v) is 2.87. The Bertz CT molecular complexity index is 436. The van der Waals surface area contributed by atoms with Gasteiger partial charge in [0.2, 0.25) is 5.91 Å². The van der Waals surface area contributed by atoms with E-state index in [0.717, 1.165) is 18.5 Å². The zero-order valence-electron chi connectivity index (χ0n) is 11.8. The van der Waals surface area contributed by atoms with Crippen molar-refractivity contribution in [2.45, 2.75) is 46.6 Å². The summed E-state index contributed by atoms with van der Waals surface area (Å²) in [5.74, 6) is 1.03. The van der Waals surface area contributed by atoms with Crippen molar-refractivity contribution in [1.29, 1.82) is 0 Å². The van der Waals surface area contributed by atoms with Crippen LogP contribution in [-0.4, -0.2) is 11.9 Å². The SMILES string of the molecule is CC(C)CC1Cc2ccccc2N(C(C)C)C1=O. The molecule has 0 bridgehead atoms. The second-order valence-corrected chi connectivity index (χ2v) is 5.96. The number of carbonyl (C=O) groups excluding carboxylic acids is 1. The highest BCUT2D eigenvalue weighted by Gasteiger charge is 2.33.